The second-order valence-corrected chi connectivity index (χ2v) is 6.21. The molecule has 3 nitrogen and oxygen atoms in total. The van der Waals surface area contributed by atoms with Gasteiger partial charge in [0.1, 0.15) is 5.82 Å². The molecule has 0 aromatic heterocycles. The largest absolute Gasteiger partial charge is 0.359 e. The number of hydrogen-bond acceptors (Lipinski definition) is 2. The van der Waals surface area contributed by atoms with Crippen molar-refractivity contribution in [1.29, 1.82) is 0 Å². The van der Waals surface area contributed by atoms with Gasteiger partial charge < -0.3 is 10.2 Å². The van der Waals surface area contributed by atoms with Crippen molar-refractivity contribution in [1.82, 2.24) is 0 Å². The molecule has 2 aromatic carbocycles. The molecule has 2 aromatic rings. The van der Waals surface area contributed by atoms with E-state index in [1.54, 1.807) is 12.1 Å². The summed E-state index contributed by atoms with van der Waals surface area (Å²) in [5.41, 5.74) is 3.85. The van der Waals surface area contributed by atoms with Crippen LogP contribution in [0, 0.1) is 12.7 Å². The van der Waals surface area contributed by atoms with E-state index in [2.05, 4.69) is 17.1 Å². The fraction of sp³-hybridized carbons (Fsp3) is 0.316. The van der Waals surface area contributed by atoms with Gasteiger partial charge in [-0.2, -0.15) is 0 Å². The maximum atomic E-state index is 13.4. The van der Waals surface area contributed by atoms with Crippen LogP contribution in [0.5, 0.6) is 0 Å². The van der Waals surface area contributed by atoms with E-state index >= 15 is 0 Å². The number of rotatable bonds is 3. The Labute approximate surface area is 136 Å². The molecule has 0 fully saturated rings. The molecule has 0 saturated carbocycles. The summed E-state index contributed by atoms with van der Waals surface area (Å²) < 4.78 is 13.4. The van der Waals surface area contributed by atoms with Crippen LogP contribution in [-0.2, 0) is 11.2 Å². The highest BCUT2D eigenvalue weighted by molar-refractivity contribution is 5.94. The highest BCUT2D eigenvalue weighted by Crippen LogP contribution is 2.31. The average molecular weight is 312 g/mol. The number of fused-ring (bicyclic) bond motifs is 1. The zero-order chi connectivity index (χ0) is 16.4. The van der Waals surface area contributed by atoms with Crippen LogP contribution >= 0.6 is 0 Å². The fourth-order valence-corrected chi connectivity index (χ4v) is 3.11. The molecule has 120 valence electrons. The van der Waals surface area contributed by atoms with E-state index in [0.717, 1.165) is 35.3 Å². The normalized spacial score (nSPS) is 16.8. The van der Waals surface area contributed by atoms with Gasteiger partial charge in [-0.05, 0) is 68.1 Å². The first-order valence-corrected chi connectivity index (χ1v) is 7.94. The fourth-order valence-electron chi connectivity index (χ4n) is 3.11. The highest BCUT2D eigenvalue weighted by atomic mass is 19.1. The van der Waals surface area contributed by atoms with Gasteiger partial charge in [-0.15, -0.1) is 0 Å². The molecular weight excluding hydrogens is 291 g/mol. The molecule has 1 aliphatic rings. The van der Waals surface area contributed by atoms with Crippen LogP contribution in [0.15, 0.2) is 42.5 Å². The zero-order valence-corrected chi connectivity index (χ0v) is 13.5. The van der Waals surface area contributed by atoms with E-state index in [1.807, 2.05) is 31.2 Å². The van der Waals surface area contributed by atoms with Crippen LogP contribution in [0.4, 0.5) is 15.8 Å². The van der Waals surface area contributed by atoms with Gasteiger partial charge in [0, 0.05) is 17.4 Å². The predicted octanol–water partition coefficient (Wildman–Crippen LogP) is 3.91. The topological polar surface area (TPSA) is 32.3 Å². The second kappa shape index (κ2) is 6.41. The van der Waals surface area contributed by atoms with E-state index in [-0.39, 0.29) is 24.3 Å². The summed E-state index contributed by atoms with van der Waals surface area (Å²) in [6, 6.07) is 12.8. The number of hydrogen-bond donors (Lipinski definition) is 1. The van der Waals surface area contributed by atoms with Crippen molar-refractivity contribution in [2.45, 2.75) is 32.7 Å². The number of carbonyl (C=O) groups is 1. The van der Waals surface area contributed by atoms with Crippen molar-refractivity contribution in [3.8, 4) is 0 Å². The molecule has 0 bridgehead atoms. The van der Waals surface area contributed by atoms with Crippen molar-refractivity contribution in [3.05, 3.63) is 59.4 Å². The number of nitrogens with one attached hydrogen (secondary N) is 1. The van der Waals surface area contributed by atoms with Gasteiger partial charge in [-0.25, -0.2) is 4.39 Å². The van der Waals surface area contributed by atoms with Crippen LogP contribution in [0.1, 0.15) is 24.5 Å². The standard InChI is InChI=1S/C19H21FN2O/c1-13-4-3-5-17(10-13)21-19(23)12-22-14(2)6-7-15-11-16(20)8-9-18(15)22/h3-5,8-11,14H,6-7,12H2,1-2H3,(H,21,23). The lowest BCUT2D eigenvalue weighted by Crippen LogP contribution is -2.42. The molecule has 0 spiro atoms. The Balaban J connectivity index is 1.75. The molecular formula is C19H21FN2O. The predicted molar refractivity (Wildman–Crippen MR) is 91.3 cm³/mol. The molecule has 23 heavy (non-hydrogen) atoms. The molecule has 0 saturated heterocycles. The van der Waals surface area contributed by atoms with E-state index in [4.69, 9.17) is 0 Å². The first-order valence-electron chi connectivity index (χ1n) is 7.94. The molecule has 1 aliphatic heterocycles. The monoisotopic (exact) mass is 312 g/mol. The van der Waals surface area contributed by atoms with E-state index in [0.29, 0.717) is 0 Å². The third-order valence-electron chi connectivity index (χ3n) is 4.33. The van der Waals surface area contributed by atoms with E-state index < -0.39 is 0 Å². The van der Waals surface area contributed by atoms with Gasteiger partial charge in [0.25, 0.3) is 0 Å². The minimum absolute atomic E-state index is 0.0559. The lowest BCUT2D eigenvalue weighted by Gasteiger charge is -2.36. The molecule has 0 aliphatic carbocycles. The Morgan fingerprint density at radius 1 is 1.30 bits per heavy atom. The quantitative estimate of drug-likeness (QED) is 0.932. The molecule has 1 unspecified atom stereocenters. The summed E-state index contributed by atoms with van der Waals surface area (Å²) in [5.74, 6) is -0.276. The summed E-state index contributed by atoms with van der Waals surface area (Å²) in [6.07, 6.45) is 1.78. The molecule has 0 radical (unpaired) electrons. The van der Waals surface area contributed by atoms with Crippen LogP contribution in [-0.4, -0.2) is 18.5 Å². The lowest BCUT2D eigenvalue weighted by atomic mass is 9.96. The Hall–Kier alpha value is -2.36. The van der Waals surface area contributed by atoms with Crippen LogP contribution in [0.25, 0.3) is 0 Å². The summed E-state index contributed by atoms with van der Waals surface area (Å²) in [5, 5.41) is 2.94. The van der Waals surface area contributed by atoms with Crippen molar-refractivity contribution >= 4 is 17.3 Å². The minimum atomic E-state index is -0.220. The van der Waals surface area contributed by atoms with Crippen LogP contribution in [0.2, 0.25) is 0 Å². The number of halogens is 1. The van der Waals surface area contributed by atoms with Crippen LogP contribution in [0.3, 0.4) is 0 Å². The molecule has 1 heterocycles. The van der Waals surface area contributed by atoms with Crippen molar-refractivity contribution in [3.63, 3.8) is 0 Å². The third kappa shape index (κ3) is 3.52. The third-order valence-corrected chi connectivity index (χ3v) is 4.33. The SMILES string of the molecule is Cc1cccc(NC(=O)CN2c3ccc(F)cc3CCC2C)c1. The Kier molecular flexibility index (Phi) is 4.33. The van der Waals surface area contributed by atoms with Gasteiger partial charge in [-0.1, -0.05) is 12.1 Å². The number of carbonyl (C=O) groups excluding carboxylic acids is 1. The number of amides is 1. The summed E-state index contributed by atoms with van der Waals surface area (Å²) in [6.45, 7) is 4.37. The summed E-state index contributed by atoms with van der Waals surface area (Å²) in [4.78, 5) is 14.4. The van der Waals surface area contributed by atoms with Gasteiger partial charge in [0.15, 0.2) is 0 Å². The Bertz CT molecular complexity index is 729. The minimum Gasteiger partial charge on any atom is -0.359 e. The highest BCUT2D eigenvalue weighted by Gasteiger charge is 2.25. The zero-order valence-electron chi connectivity index (χ0n) is 13.5. The first kappa shape index (κ1) is 15.5. The molecule has 4 heteroatoms. The second-order valence-electron chi connectivity index (χ2n) is 6.21. The van der Waals surface area contributed by atoms with Gasteiger partial charge >= 0.3 is 0 Å². The molecule has 1 N–H and O–H groups in total. The maximum absolute atomic E-state index is 13.4. The van der Waals surface area contributed by atoms with Crippen molar-refractivity contribution in [2.75, 3.05) is 16.8 Å². The lowest BCUT2D eigenvalue weighted by molar-refractivity contribution is -0.115. The summed E-state index contributed by atoms with van der Waals surface area (Å²) >= 11 is 0. The maximum Gasteiger partial charge on any atom is 0.243 e. The Morgan fingerprint density at radius 2 is 2.13 bits per heavy atom. The van der Waals surface area contributed by atoms with E-state index in [1.165, 1.54) is 6.07 Å². The number of anilines is 2. The number of aryl methyl sites for hydroxylation is 2. The van der Waals surface area contributed by atoms with Gasteiger partial charge in [-0.3, -0.25) is 4.79 Å². The molecule has 1 atom stereocenters. The van der Waals surface area contributed by atoms with Crippen molar-refractivity contribution in [2.24, 2.45) is 0 Å². The molecule has 1 amide bonds. The smallest absolute Gasteiger partial charge is 0.243 e. The van der Waals surface area contributed by atoms with Gasteiger partial charge in [0.05, 0.1) is 6.54 Å². The average Bonchev–Trinajstić information content (AvgIpc) is 2.50. The first-order chi connectivity index (χ1) is 11.0. The molecule has 3 rings (SSSR count). The Morgan fingerprint density at radius 3 is 2.91 bits per heavy atom. The van der Waals surface area contributed by atoms with Crippen LogP contribution < -0.4 is 10.2 Å². The number of benzene rings is 2. The van der Waals surface area contributed by atoms with Gasteiger partial charge in [0.2, 0.25) is 5.91 Å². The number of nitrogens with zero attached hydrogens (tertiary/aromatic N) is 1. The summed E-state index contributed by atoms with van der Waals surface area (Å²) in [7, 11) is 0. The van der Waals surface area contributed by atoms with E-state index in [9.17, 15) is 9.18 Å². The van der Waals surface area contributed by atoms with Crippen molar-refractivity contribution < 1.29 is 9.18 Å².